The first-order chi connectivity index (χ1) is 9.81. The van der Waals surface area contributed by atoms with Crippen molar-refractivity contribution in [2.75, 3.05) is 20.8 Å². The van der Waals surface area contributed by atoms with Crippen LogP contribution in [0, 0.1) is 0 Å². The second-order valence-electron chi connectivity index (χ2n) is 4.93. The molecule has 3 heteroatoms. The minimum Gasteiger partial charge on any atom is -0.497 e. The average molecular weight is 270 g/mol. The molecule has 1 aliphatic rings. The highest BCUT2D eigenvalue weighted by atomic mass is 16.5. The smallest absolute Gasteiger partial charge is 0.126 e. The van der Waals surface area contributed by atoms with Crippen LogP contribution in [0.1, 0.15) is 17.0 Å². The fourth-order valence-corrected chi connectivity index (χ4v) is 2.68. The molecule has 2 aromatic rings. The first-order valence-electron chi connectivity index (χ1n) is 6.74. The van der Waals surface area contributed by atoms with Gasteiger partial charge in [0.25, 0.3) is 0 Å². The van der Waals surface area contributed by atoms with Gasteiger partial charge in [-0.2, -0.15) is 0 Å². The molecule has 0 spiro atoms. The van der Waals surface area contributed by atoms with Gasteiger partial charge in [-0.05, 0) is 24.1 Å². The SMILES string of the molecule is COc1ccc([C@H]2COc3ccccc3C2)c(OC)c1. The van der Waals surface area contributed by atoms with Crippen LogP contribution in [0.5, 0.6) is 17.2 Å². The minimum atomic E-state index is 0.311. The molecule has 0 radical (unpaired) electrons. The molecule has 1 heterocycles. The quantitative estimate of drug-likeness (QED) is 0.855. The molecule has 3 nitrogen and oxygen atoms in total. The molecule has 0 N–H and O–H groups in total. The Bertz CT molecular complexity index is 607. The topological polar surface area (TPSA) is 27.7 Å². The molecule has 0 aromatic heterocycles. The molecule has 1 aliphatic heterocycles. The Morgan fingerprint density at radius 1 is 1.05 bits per heavy atom. The molecule has 0 unspecified atom stereocenters. The summed E-state index contributed by atoms with van der Waals surface area (Å²) >= 11 is 0. The van der Waals surface area contributed by atoms with Gasteiger partial charge in [-0.3, -0.25) is 0 Å². The van der Waals surface area contributed by atoms with Gasteiger partial charge < -0.3 is 14.2 Å². The maximum Gasteiger partial charge on any atom is 0.126 e. The molecule has 3 rings (SSSR count). The van der Waals surface area contributed by atoms with Gasteiger partial charge >= 0.3 is 0 Å². The summed E-state index contributed by atoms with van der Waals surface area (Å²) in [6.07, 6.45) is 0.971. The van der Waals surface area contributed by atoms with Crippen LogP contribution in [-0.4, -0.2) is 20.8 Å². The van der Waals surface area contributed by atoms with E-state index in [1.54, 1.807) is 14.2 Å². The van der Waals surface area contributed by atoms with Crippen molar-refractivity contribution in [3.05, 3.63) is 53.6 Å². The van der Waals surface area contributed by atoms with E-state index in [-0.39, 0.29) is 0 Å². The van der Waals surface area contributed by atoms with Crippen LogP contribution >= 0.6 is 0 Å². The van der Waals surface area contributed by atoms with E-state index in [1.165, 1.54) is 11.1 Å². The maximum absolute atomic E-state index is 5.86. The van der Waals surface area contributed by atoms with Crippen molar-refractivity contribution in [3.63, 3.8) is 0 Å². The Balaban J connectivity index is 1.91. The zero-order chi connectivity index (χ0) is 13.9. The van der Waals surface area contributed by atoms with E-state index >= 15 is 0 Å². The van der Waals surface area contributed by atoms with Crippen LogP contribution in [0.25, 0.3) is 0 Å². The number of hydrogen-bond acceptors (Lipinski definition) is 3. The Morgan fingerprint density at radius 2 is 1.90 bits per heavy atom. The summed E-state index contributed by atoms with van der Waals surface area (Å²) in [6.45, 7) is 0.680. The second-order valence-corrected chi connectivity index (χ2v) is 4.93. The van der Waals surface area contributed by atoms with Gasteiger partial charge in [-0.15, -0.1) is 0 Å². The molecule has 20 heavy (non-hydrogen) atoms. The summed E-state index contributed by atoms with van der Waals surface area (Å²) in [5.74, 6) is 2.97. The number of methoxy groups -OCH3 is 2. The first-order valence-corrected chi connectivity index (χ1v) is 6.74. The summed E-state index contributed by atoms with van der Waals surface area (Å²) in [7, 11) is 3.35. The summed E-state index contributed by atoms with van der Waals surface area (Å²) < 4.78 is 16.6. The van der Waals surface area contributed by atoms with Crippen LogP contribution in [0.15, 0.2) is 42.5 Å². The lowest BCUT2D eigenvalue weighted by Crippen LogP contribution is -2.19. The van der Waals surface area contributed by atoms with E-state index in [0.717, 1.165) is 23.7 Å². The van der Waals surface area contributed by atoms with Crippen LogP contribution in [0.2, 0.25) is 0 Å². The molecule has 1 atom stereocenters. The van der Waals surface area contributed by atoms with Crippen LogP contribution < -0.4 is 14.2 Å². The van der Waals surface area contributed by atoms with Crippen molar-refractivity contribution >= 4 is 0 Å². The monoisotopic (exact) mass is 270 g/mol. The van der Waals surface area contributed by atoms with Gasteiger partial charge in [-0.25, -0.2) is 0 Å². The predicted molar refractivity (Wildman–Crippen MR) is 77.9 cm³/mol. The zero-order valence-corrected chi connectivity index (χ0v) is 11.8. The average Bonchev–Trinajstić information content (AvgIpc) is 2.53. The molecule has 104 valence electrons. The second kappa shape index (κ2) is 5.45. The van der Waals surface area contributed by atoms with Crippen molar-refractivity contribution < 1.29 is 14.2 Å². The standard InChI is InChI=1S/C17H18O3/c1-18-14-7-8-15(17(10-14)19-2)13-9-12-5-3-4-6-16(12)20-11-13/h3-8,10,13H,9,11H2,1-2H3/t13-/m1/s1. The third-order valence-electron chi connectivity index (χ3n) is 3.76. The highest BCUT2D eigenvalue weighted by molar-refractivity contribution is 5.45. The number of fused-ring (bicyclic) bond motifs is 1. The minimum absolute atomic E-state index is 0.311. The Morgan fingerprint density at radius 3 is 2.70 bits per heavy atom. The molecule has 0 aliphatic carbocycles. The lowest BCUT2D eigenvalue weighted by molar-refractivity contribution is 0.259. The molecule has 0 fully saturated rings. The van der Waals surface area contributed by atoms with Crippen molar-refractivity contribution in [1.82, 2.24) is 0 Å². The molecule has 0 amide bonds. The summed E-state index contributed by atoms with van der Waals surface area (Å²) in [5.41, 5.74) is 2.42. The fourth-order valence-electron chi connectivity index (χ4n) is 2.68. The first kappa shape index (κ1) is 12.9. The lowest BCUT2D eigenvalue weighted by Gasteiger charge is -2.26. The molecule has 0 saturated carbocycles. The summed E-state index contributed by atoms with van der Waals surface area (Å²) in [4.78, 5) is 0. The number of benzene rings is 2. The number of para-hydroxylation sites is 1. The van der Waals surface area contributed by atoms with Crippen LogP contribution in [0.3, 0.4) is 0 Å². The number of rotatable bonds is 3. The van der Waals surface area contributed by atoms with Gasteiger partial charge in [-0.1, -0.05) is 24.3 Å². The van der Waals surface area contributed by atoms with Crippen LogP contribution in [-0.2, 0) is 6.42 Å². The van der Waals surface area contributed by atoms with Crippen molar-refractivity contribution in [2.24, 2.45) is 0 Å². The van der Waals surface area contributed by atoms with Crippen molar-refractivity contribution in [1.29, 1.82) is 0 Å². The van der Waals surface area contributed by atoms with Gasteiger partial charge in [0, 0.05) is 17.5 Å². The van der Waals surface area contributed by atoms with Crippen molar-refractivity contribution in [3.8, 4) is 17.2 Å². The third-order valence-corrected chi connectivity index (χ3v) is 3.76. The van der Waals surface area contributed by atoms with E-state index in [2.05, 4.69) is 18.2 Å². The van der Waals surface area contributed by atoms with Crippen molar-refractivity contribution in [2.45, 2.75) is 12.3 Å². The maximum atomic E-state index is 5.86. The molecule has 0 saturated heterocycles. The Labute approximate surface area is 119 Å². The van der Waals surface area contributed by atoms with Gasteiger partial charge in [0.1, 0.15) is 17.2 Å². The molecule has 0 bridgehead atoms. The van der Waals surface area contributed by atoms with E-state index in [0.29, 0.717) is 12.5 Å². The summed E-state index contributed by atoms with van der Waals surface area (Å²) in [6, 6.07) is 14.2. The number of ether oxygens (including phenoxy) is 3. The van der Waals surface area contributed by atoms with E-state index in [9.17, 15) is 0 Å². The predicted octanol–water partition coefficient (Wildman–Crippen LogP) is 3.42. The van der Waals surface area contributed by atoms with E-state index in [4.69, 9.17) is 14.2 Å². The molecular formula is C17H18O3. The summed E-state index contributed by atoms with van der Waals surface area (Å²) in [5, 5.41) is 0. The normalized spacial score (nSPS) is 17.0. The van der Waals surface area contributed by atoms with E-state index in [1.807, 2.05) is 24.3 Å². The molecule has 2 aromatic carbocycles. The Kier molecular flexibility index (Phi) is 3.50. The Hall–Kier alpha value is -2.16. The zero-order valence-electron chi connectivity index (χ0n) is 11.8. The van der Waals surface area contributed by atoms with Gasteiger partial charge in [0.15, 0.2) is 0 Å². The highest BCUT2D eigenvalue weighted by Gasteiger charge is 2.23. The number of hydrogen-bond donors (Lipinski definition) is 0. The van der Waals surface area contributed by atoms with Crippen LogP contribution in [0.4, 0.5) is 0 Å². The van der Waals surface area contributed by atoms with Gasteiger partial charge in [0.2, 0.25) is 0 Å². The third kappa shape index (κ3) is 2.31. The lowest BCUT2D eigenvalue weighted by atomic mass is 9.90. The highest BCUT2D eigenvalue weighted by Crippen LogP contribution is 2.37. The largest absolute Gasteiger partial charge is 0.497 e. The molecular weight excluding hydrogens is 252 g/mol. The van der Waals surface area contributed by atoms with E-state index < -0.39 is 0 Å². The van der Waals surface area contributed by atoms with Gasteiger partial charge in [0.05, 0.1) is 20.8 Å². The fraction of sp³-hybridized carbons (Fsp3) is 0.294.